The summed E-state index contributed by atoms with van der Waals surface area (Å²) in [4.78, 5) is 9.24. The van der Waals surface area contributed by atoms with E-state index in [1.165, 1.54) is 0 Å². The summed E-state index contributed by atoms with van der Waals surface area (Å²) in [7, 11) is 0. The Kier molecular flexibility index (Phi) is 3.33. The lowest BCUT2D eigenvalue weighted by Gasteiger charge is -2.19. The molecule has 0 saturated heterocycles. The van der Waals surface area contributed by atoms with Crippen molar-refractivity contribution in [2.24, 2.45) is 0 Å². The van der Waals surface area contributed by atoms with Crippen molar-refractivity contribution in [2.45, 2.75) is 33.2 Å². The molecule has 1 aromatic carbocycles. The molecule has 3 rings (SSSR count). The van der Waals surface area contributed by atoms with Crippen molar-refractivity contribution in [3.05, 3.63) is 35.0 Å². The molecule has 0 fully saturated rings. The molecule has 0 aliphatic rings. The molecule has 5 nitrogen and oxygen atoms in total. The van der Waals surface area contributed by atoms with Crippen LogP contribution in [0, 0.1) is 6.92 Å². The van der Waals surface area contributed by atoms with Gasteiger partial charge in [0, 0.05) is 10.6 Å². The van der Waals surface area contributed by atoms with Gasteiger partial charge in [-0.1, -0.05) is 23.7 Å². The first kappa shape index (κ1) is 14.8. The van der Waals surface area contributed by atoms with Crippen LogP contribution in [0.3, 0.4) is 0 Å². The lowest BCUT2D eigenvalue weighted by atomic mass is 10.1. The molecule has 22 heavy (non-hydrogen) atoms. The van der Waals surface area contributed by atoms with E-state index in [0.29, 0.717) is 22.2 Å². The summed E-state index contributed by atoms with van der Waals surface area (Å²) in [6.07, 6.45) is 0. The molecule has 3 aromatic rings. The van der Waals surface area contributed by atoms with Crippen LogP contribution in [0.15, 0.2) is 24.3 Å². The van der Waals surface area contributed by atoms with E-state index in [-0.39, 0.29) is 5.54 Å². The van der Waals surface area contributed by atoms with Gasteiger partial charge in [0.2, 0.25) is 0 Å². The predicted molar refractivity (Wildman–Crippen MR) is 89.9 cm³/mol. The van der Waals surface area contributed by atoms with E-state index >= 15 is 0 Å². The zero-order valence-electron chi connectivity index (χ0n) is 13.1. The van der Waals surface area contributed by atoms with E-state index in [9.17, 15) is 0 Å². The van der Waals surface area contributed by atoms with Gasteiger partial charge in [0.25, 0.3) is 0 Å². The van der Waals surface area contributed by atoms with Crippen molar-refractivity contribution in [1.82, 2.24) is 19.7 Å². The highest BCUT2D eigenvalue weighted by Gasteiger charge is 2.22. The fourth-order valence-corrected chi connectivity index (χ4v) is 2.49. The lowest BCUT2D eigenvalue weighted by molar-refractivity contribution is 0.364. The van der Waals surface area contributed by atoms with Gasteiger partial charge in [0.1, 0.15) is 11.2 Å². The molecule has 0 radical (unpaired) electrons. The molecule has 0 amide bonds. The molecule has 2 heterocycles. The van der Waals surface area contributed by atoms with E-state index in [0.717, 1.165) is 16.8 Å². The Morgan fingerprint density at radius 1 is 1.09 bits per heavy atom. The number of nitrogens with zero attached hydrogens (tertiary/aromatic N) is 4. The zero-order valence-corrected chi connectivity index (χ0v) is 13.8. The SMILES string of the molecule is Cc1nn(C(C)(C)C)c2nc(N)c(-c3ccc(Cl)cc3)nc12. The maximum absolute atomic E-state index is 6.13. The van der Waals surface area contributed by atoms with Gasteiger partial charge in [0.05, 0.1) is 11.2 Å². The van der Waals surface area contributed by atoms with Gasteiger partial charge in [-0.15, -0.1) is 0 Å². The number of aryl methyl sites for hydroxylation is 1. The lowest BCUT2D eigenvalue weighted by Crippen LogP contribution is -2.23. The van der Waals surface area contributed by atoms with Gasteiger partial charge < -0.3 is 5.73 Å². The first-order chi connectivity index (χ1) is 10.3. The van der Waals surface area contributed by atoms with Crippen LogP contribution in [0.4, 0.5) is 5.82 Å². The van der Waals surface area contributed by atoms with Crippen LogP contribution in [0.5, 0.6) is 0 Å². The minimum atomic E-state index is -0.185. The third-order valence-electron chi connectivity index (χ3n) is 3.45. The van der Waals surface area contributed by atoms with Crippen LogP contribution in [-0.4, -0.2) is 19.7 Å². The number of hydrogen-bond acceptors (Lipinski definition) is 4. The number of nitrogens with two attached hydrogens (primary N) is 1. The molecule has 2 aromatic heterocycles. The average Bonchev–Trinajstić information content (AvgIpc) is 2.76. The van der Waals surface area contributed by atoms with Crippen molar-refractivity contribution < 1.29 is 0 Å². The van der Waals surface area contributed by atoms with Crippen LogP contribution in [-0.2, 0) is 5.54 Å². The number of aromatic nitrogens is 4. The number of halogens is 1. The third kappa shape index (κ3) is 2.41. The Labute approximate surface area is 134 Å². The molecule has 0 bridgehead atoms. The van der Waals surface area contributed by atoms with Crippen LogP contribution >= 0.6 is 11.6 Å². The molecular formula is C16H18ClN5. The quantitative estimate of drug-likeness (QED) is 0.741. The summed E-state index contributed by atoms with van der Waals surface area (Å²) in [5, 5.41) is 5.24. The van der Waals surface area contributed by atoms with Crippen molar-refractivity contribution in [2.75, 3.05) is 5.73 Å². The molecule has 0 saturated carbocycles. The fourth-order valence-electron chi connectivity index (χ4n) is 2.36. The van der Waals surface area contributed by atoms with Crippen molar-refractivity contribution in [3.63, 3.8) is 0 Å². The van der Waals surface area contributed by atoms with Gasteiger partial charge in [-0.3, -0.25) is 0 Å². The Morgan fingerprint density at radius 2 is 1.73 bits per heavy atom. The van der Waals surface area contributed by atoms with Crippen LogP contribution in [0.1, 0.15) is 26.5 Å². The molecule has 0 aliphatic carbocycles. The maximum atomic E-state index is 6.13. The molecule has 0 aliphatic heterocycles. The Hall–Kier alpha value is -2.14. The largest absolute Gasteiger partial charge is 0.382 e. The second kappa shape index (κ2) is 4.95. The van der Waals surface area contributed by atoms with Gasteiger partial charge in [-0.25, -0.2) is 14.6 Å². The zero-order chi connectivity index (χ0) is 16.1. The molecule has 2 N–H and O–H groups in total. The number of rotatable bonds is 1. The first-order valence-electron chi connectivity index (χ1n) is 7.06. The normalized spacial score (nSPS) is 12.0. The maximum Gasteiger partial charge on any atom is 0.179 e. The Morgan fingerprint density at radius 3 is 2.32 bits per heavy atom. The van der Waals surface area contributed by atoms with Gasteiger partial charge in [-0.2, -0.15) is 5.10 Å². The molecule has 0 atom stereocenters. The van der Waals surface area contributed by atoms with E-state index in [1.807, 2.05) is 35.9 Å². The van der Waals surface area contributed by atoms with E-state index in [1.54, 1.807) is 0 Å². The van der Waals surface area contributed by atoms with E-state index < -0.39 is 0 Å². The molecule has 0 unspecified atom stereocenters. The third-order valence-corrected chi connectivity index (χ3v) is 3.70. The first-order valence-corrected chi connectivity index (χ1v) is 7.44. The summed E-state index contributed by atoms with van der Waals surface area (Å²) in [5.74, 6) is 0.389. The van der Waals surface area contributed by atoms with Gasteiger partial charge >= 0.3 is 0 Å². The summed E-state index contributed by atoms with van der Waals surface area (Å²) >= 11 is 5.93. The van der Waals surface area contributed by atoms with E-state index in [2.05, 4.69) is 30.9 Å². The van der Waals surface area contributed by atoms with Crippen LogP contribution < -0.4 is 5.73 Å². The van der Waals surface area contributed by atoms with Crippen LogP contribution in [0.25, 0.3) is 22.4 Å². The minimum Gasteiger partial charge on any atom is -0.382 e. The van der Waals surface area contributed by atoms with E-state index in [4.69, 9.17) is 22.3 Å². The van der Waals surface area contributed by atoms with Crippen LogP contribution in [0.2, 0.25) is 5.02 Å². The number of fused-ring (bicyclic) bond motifs is 1. The second-order valence-corrected chi connectivity index (χ2v) is 6.74. The minimum absolute atomic E-state index is 0.185. The molecular weight excluding hydrogens is 298 g/mol. The number of benzene rings is 1. The summed E-state index contributed by atoms with van der Waals surface area (Å²) in [5.41, 5.74) is 9.81. The fraction of sp³-hybridized carbons (Fsp3) is 0.312. The second-order valence-electron chi connectivity index (χ2n) is 6.30. The standard InChI is InChI=1S/C16H18ClN5/c1-9-12-15(22(21-9)16(2,3)4)20-14(18)13(19-12)10-5-7-11(17)8-6-10/h5-8H,1-4H3,(H2,18,20). The molecule has 6 heteroatoms. The molecule has 0 spiro atoms. The highest BCUT2D eigenvalue weighted by atomic mass is 35.5. The average molecular weight is 316 g/mol. The number of anilines is 1. The Bertz CT molecular complexity index is 844. The summed E-state index contributed by atoms with van der Waals surface area (Å²) < 4.78 is 1.87. The Balaban J connectivity index is 2.25. The smallest absolute Gasteiger partial charge is 0.179 e. The highest BCUT2D eigenvalue weighted by Crippen LogP contribution is 2.29. The monoisotopic (exact) mass is 315 g/mol. The van der Waals surface area contributed by atoms with Crippen molar-refractivity contribution in [3.8, 4) is 11.3 Å². The van der Waals surface area contributed by atoms with Gasteiger partial charge in [0.15, 0.2) is 11.5 Å². The van der Waals surface area contributed by atoms with Crippen molar-refractivity contribution in [1.29, 1.82) is 0 Å². The highest BCUT2D eigenvalue weighted by molar-refractivity contribution is 6.30. The van der Waals surface area contributed by atoms with Crippen molar-refractivity contribution >= 4 is 28.6 Å². The van der Waals surface area contributed by atoms with Gasteiger partial charge in [-0.05, 0) is 39.8 Å². The molecule has 114 valence electrons. The predicted octanol–water partition coefficient (Wildman–Crippen LogP) is 3.79. The number of nitrogen functional groups attached to an aromatic ring is 1. The summed E-state index contributed by atoms with van der Waals surface area (Å²) in [6, 6.07) is 7.40. The number of hydrogen-bond donors (Lipinski definition) is 1. The summed E-state index contributed by atoms with van der Waals surface area (Å²) in [6.45, 7) is 8.15. The topological polar surface area (TPSA) is 69.6 Å².